The van der Waals surface area contributed by atoms with Crippen LogP contribution in [0.25, 0.3) is 0 Å². The maximum absolute atomic E-state index is 11.8. The Kier molecular flexibility index (Phi) is 4.23. The summed E-state index contributed by atoms with van der Waals surface area (Å²) in [5.74, 6) is -0.205. The quantitative estimate of drug-likeness (QED) is 0.332. The van der Waals surface area contributed by atoms with Crippen molar-refractivity contribution in [2.75, 3.05) is 5.32 Å². The van der Waals surface area contributed by atoms with Crippen molar-refractivity contribution in [1.29, 1.82) is 0 Å². The Morgan fingerprint density at radius 1 is 1.30 bits per heavy atom. The number of oxime groups is 1. The van der Waals surface area contributed by atoms with Crippen molar-refractivity contribution in [2.24, 2.45) is 10.9 Å². The Labute approximate surface area is 115 Å². The summed E-state index contributed by atoms with van der Waals surface area (Å²) in [6.07, 6.45) is 4.69. The summed E-state index contributed by atoms with van der Waals surface area (Å²) >= 11 is 0. The number of rotatable bonds is 4. The van der Waals surface area contributed by atoms with Crippen molar-refractivity contribution >= 4 is 17.4 Å². The molecule has 0 fully saturated rings. The van der Waals surface area contributed by atoms with Crippen LogP contribution in [0.2, 0.25) is 0 Å². The first kappa shape index (κ1) is 13.5. The molecule has 0 aliphatic carbocycles. The second-order valence-corrected chi connectivity index (χ2v) is 4.01. The predicted octanol–water partition coefficient (Wildman–Crippen LogP) is 1.02. The van der Waals surface area contributed by atoms with E-state index in [-0.39, 0.29) is 17.4 Å². The van der Waals surface area contributed by atoms with Crippen LogP contribution in [-0.2, 0) is 6.42 Å². The van der Waals surface area contributed by atoms with Gasteiger partial charge in [-0.15, -0.1) is 0 Å². The number of carbonyl (C=O) groups excluding carboxylic acids is 1. The Bertz CT molecular complexity index is 610. The smallest absolute Gasteiger partial charge is 0.275 e. The van der Waals surface area contributed by atoms with Gasteiger partial charge in [-0.25, -0.2) is 4.98 Å². The number of nitrogens with one attached hydrogen (secondary N) is 1. The van der Waals surface area contributed by atoms with E-state index < -0.39 is 0 Å². The molecule has 0 spiro atoms. The van der Waals surface area contributed by atoms with Crippen molar-refractivity contribution in [3.05, 3.63) is 54.1 Å². The van der Waals surface area contributed by atoms with E-state index in [9.17, 15) is 4.79 Å². The van der Waals surface area contributed by atoms with E-state index in [1.54, 1.807) is 24.3 Å². The third-order valence-electron chi connectivity index (χ3n) is 2.52. The van der Waals surface area contributed by atoms with Gasteiger partial charge < -0.3 is 16.3 Å². The molecule has 1 aromatic heterocycles. The Morgan fingerprint density at radius 3 is 2.65 bits per heavy atom. The minimum Gasteiger partial charge on any atom is -0.409 e. The summed E-state index contributed by atoms with van der Waals surface area (Å²) in [4.78, 5) is 19.6. The molecule has 0 bridgehead atoms. The van der Waals surface area contributed by atoms with Gasteiger partial charge in [0, 0.05) is 24.5 Å². The highest BCUT2D eigenvalue weighted by Crippen LogP contribution is 2.11. The first-order chi connectivity index (χ1) is 9.69. The highest BCUT2D eigenvalue weighted by molar-refractivity contribution is 6.02. The van der Waals surface area contributed by atoms with Crippen LogP contribution in [-0.4, -0.2) is 26.9 Å². The molecule has 20 heavy (non-hydrogen) atoms. The van der Waals surface area contributed by atoms with Gasteiger partial charge in [0.25, 0.3) is 5.91 Å². The normalized spacial score (nSPS) is 11.1. The van der Waals surface area contributed by atoms with E-state index in [1.807, 2.05) is 0 Å². The lowest BCUT2D eigenvalue weighted by Crippen LogP contribution is -2.15. The van der Waals surface area contributed by atoms with Crippen LogP contribution >= 0.6 is 0 Å². The average Bonchev–Trinajstić information content (AvgIpc) is 2.50. The Morgan fingerprint density at radius 2 is 2.05 bits per heavy atom. The lowest BCUT2D eigenvalue weighted by Gasteiger charge is -2.05. The van der Waals surface area contributed by atoms with Crippen molar-refractivity contribution < 1.29 is 10.0 Å². The van der Waals surface area contributed by atoms with Gasteiger partial charge in [-0.2, -0.15) is 0 Å². The summed E-state index contributed by atoms with van der Waals surface area (Å²) in [6.45, 7) is 0. The third-order valence-corrected chi connectivity index (χ3v) is 2.52. The number of hydrogen-bond acceptors (Lipinski definition) is 5. The second-order valence-electron chi connectivity index (χ2n) is 4.01. The molecule has 7 nitrogen and oxygen atoms in total. The molecule has 1 aromatic carbocycles. The number of aromatic nitrogens is 2. The van der Waals surface area contributed by atoms with E-state index in [1.165, 1.54) is 18.6 Å². The Hall–Kier alpha value is -2.96. The minimum absolute atomic E-state index is 0.126. The molecular weight excluding hydrogens is 258 g/mol. The first-order valence-corrected chi connectivity index (χ1v) is 5.82. The lowest BCUT2D eigenvalue weighted by atomic mass is 10.1. The molecule has 1 heterocycles. The van der Waals surface area contributed by atoms with Gasteiger partial charge in [-0.3, -0.25) is 9.78 Å². The molecule has 0 aliphatic heterocycles. The van der Waals surface area contributed by atoms with E-state index in [0.29, 0.717) is 12.1 Å². The van der Waals surface area contributed by atoms with Gasteiger partial charge in [-0.1, -0.05) is 17.3 Å². The fourth-order valence-corrected chi connectivity index (χ4v) is 1.56. The van der Waals surface area contributed by atoms with Crippen LogP contribution in [0.5, 0.6) is 0 Å². The van der Waals surface area contributed by atoms with Gasteiger partial charge in [0.2, 0.25) is 0 Å². The lowest BCUT2D eigenvalue weighted by molar-refractivity contribution is 0.102. The van der Waals surface area contributed by atoms with Crippen LogP contribution in [0.1, 0.15) is 16.1 Å². The van der Waals surface area contributed by atoms with Crippen molar-refractivity contribution in [3.8, 4) is 0 Å². The van der Waals surface area contributed by atoms with E-state index >= 15 is 0 Å². The average molecular weight is 271 g/mol. The monoisotopic (exact) mass is 271 g/mol. The fourth-order valence-electron chi connectivity index (χ4n) is 1.56. The van der Waals surface area contributed by atoms with E-state index in [0.717, 1.165) is 5.56 Å². The minimum atomic E-state index is -0.331. The van der Waals surface area contributed by atoms with Crippen LogP contribution in [0.3, 0.4) is 0 Å². The van der Waals surface area contributed by atoms with Gasteiger partial charge in [0.1, 0.15) is 11.5 Å². The number of nitrogens with zero attached hydrogens (tertiary/aromatic N) is 3. The predicted molar refractivity (Wildman–Crippen MR) is 73.5 cm³/mol. The molecule has 0 aliphatic rings. The Balaban J connectivity index is 2.02. The van der Waals surface area contributed by atoms with Gasteiger partial charge in [0.15, 0.2) is 0 Å². The summed E-state index contributed by atoms with van der Waals surface area (Å²) in [5.41, 5.74) is 7.16. The van der Waals surface area contributed by atoms with E-state index in [2.05, 4.69) is 20.4 Å². The molecule has 7 heteroatoms. The summed E-state index contributed by atoms with van der Waals surface area (Å²) < 4.78 is 0. The largest absolute Gasteiger partial charge is 0.409 e. The topological polar surface area (TPSA) is 113 Å². The van der Waals surface area contributed by atoms with Gasteiger partial charge >= 0.3 is 0 Å². The highest BCUT2D eigenvalue weighted by Gasteiger charge is 2.07. The molecule has 0 unspecified atom stereocenters. The number of carbonyl (C=O) groups is 1. The number of nitrogens with two attached hydrogens (primary N) is 1. The first-order valence-electron chi connectivity index (χ1n) is 5.82. The number of amides is 1. The molecule has 0 saturated carbocycles. The number of anilines is 1. The van der Waals surface area contributed by atoms with Gasteiger partial charge in [-0.05, 0) is 17.7 Å². The van der Waals surface area contributed by atoms with Crippen molar-refractivity contribution in [3.63, 3.8) is 0 Å². The maximum Gasteiger partial charge on any atom is 0.275 e. The second kappa shape index (κ2) is 6.28. The fraction of sp³-hybridized carbons (Fsp3) is 0.0769. The molecule has 102 valence electrons. The summed E-state index contributed by atoms with van der Waals surface area (Å²) in [5, 5.41) is 14.1. The zero-order valence-electron chi connectivity index (χ0n) is 10.5. The van der Waals surface area contributed by atoms with Crippen molar-refractivity contribution in [2.45, 2.75) is 6.42 Å². The van der Waals surface area contributed by atoms with Crippen LogP contribution < -0.4 is 11.1 Å². The van der Waals surface area contributed by atoms with E-state index in [4.69, 9.17) is 10.9 Å². The summed E-state index contributed by atoms with van der Waals surface area (Å²) in [7, 11) is 0. The third kappa shape index (κ3) is 3.52. The maximum atomic E-state index is 11.8. The molecule has 2 rings (SSSR count). The molecule has 0 radical (unpaired) electrons. The number of amidine groups is 1. The zero-order chi connectivity index (χ0) is 14.4. The van der Waals surface area contributed by atoms with Crippen LogP contribution in [0.4, 0.5) is 5.69 Å². The summed E-state index contributed by atoms with van der Waals surface area (Å²) in [6, 6.07) is 7.02. The SMILES string of the molecule is NC(Cc1ccc(NC(=O)c2cnccn2)cc1)=NO. The van der Waals surface area contributed by atoms with Crippen LogP contribution in [0, 0.1) is 0 Å². The highest BCUT2D eigenvalue weighted by atomic mass is 16.4. The molecule has 1 amide bonds. The molecule has 2 aromatic rings. The van der Waals surface area contributed by atoms with Gasteiger partial charge in [0.05, 0.1) is 6.20 Å². The number of hydrogen-bond donors (Lipinski definition) is 3. The molecular formula is C13H13N5O2. The zero-order valence-corrected chi connectivity index (χ0v) is 10.5. The standard InChI is InChI=1S/C13H13N5O2/c14-12(18-20)7-9-1-3-10(4-2-9)17-13(19)11-8-15-5-6-16-11/h1-6,8,20H,7H2,(H2,14,18)(H,17,19). The molecule has 0 atom stereocenters. The van der Waals surface area contributed by atoms with Crippen molar-refractivity contribution in [1.82, 2.24) is 9.97 Å². The molecule has 0 saturated heterocycles. The number of benzene rings is 1. The molecule has 4 N–H and O–H groups in total. The van der Waals surface area contributed by atoms with Crippen LogP contribution in [0.15, 0.2) is 48.0 Å².